The minimum absolute atomic E-state index is 0.0124. The van der Waals surface area contributed by atoms with Gasteiger partial charge in [-0.25, -0.2) is 0 Å². The summed E-state index contributed by atoms with van der Waals surface area (Å²) in [5.41, 5.74) is 3.52. The number of unbranched alkanes of at least 4 members (excludes halogenated alkanes) is 11. The zero-order valence-corrected chi connectivity index (χ0v) is 23.6. The third kappa shape index (κ3) is 13.2. The van der Waals surface area contributed by atoms with E-state index in [1.807, 2.05) is 6.07 Å². The van der Waals surface area contributed by atoms with Gasteiger partial charge in [0, 0.05) is 12.3 Å². The molecule has 1 atom stereocenters. The number of carbonyl (C=O) groups is 1. The first-order valence-corrected chi connectivity index (χ1v) is 14.9. The summed E-state index contributed by atoms with van der Waals surface area (Å²) in [6.45, 7) is 4.64. The Labute approximate surface area is 222 Å². The van der Waals surface area contributed by atoms with Crippen LogP contribution in [0.5, 0.6) is 5.75 Å². The number of alkyl halides is 1. The maximum atomic E-state index is 11.8. The molecule has 0 spiro atoms. The molecule has 4 heteroatoms. The van der Waals surface area contributed by atoms with Gasteiger partial charge in [0.25, 0.3) is 0 Å². The van der Waals surface area contributed by atoms with E-state index in [2.05, 4.69) is 70.6 Å². The highest BCUT2D eigenvalue weighted by molar-refractivity contribution is 9.08. The van der Waals surface area contributed by atoms with E-state index in [-0.39, 0.29) is 11.9 Å². The van der Waals surface area contributed by atoms with Crippen LogP contribution in [0.4, 0.5) is 0 Å². The smallest absolute Gasteiger partial charge is 0.217 e. The van der Waals surface area contributed by atoms with Crippen LogP contribution in [0.3, 0.4) is 0 Å². The highest BCUT2D eigenvalue weighted by Crippen LogP contribution is 2.22. The number of amides is 1. The van der Waals surface area contributed by atoms with Crippen molar-refractivity contribution in [2.24, 2.45) is 0 Å². The minimum Gasteiger partial charge on any atom is -0.494 e. The third-order valence-electron chi connectivity index (χ3n) is 6.52. The van der Waals surface area contributed by atoms with Crippen LogP contribution in [0.2, 0.25) is 0 Å². The van der Waals surface area contributed by atoms with Crippen molar-refractivity contribution in [3.8, 4) is 5.75 Å². The summed E-state index contributed by atoms with van der Waals surface area (Å²) >= 11 is 3.52. The van der Waals surface area contributed by atoms with Crippen molar-refractivity contribution in [1.82, 2.24) is 5.32 Å². The Morgan fingerprint density at radius 1 is 0.829 bits per heavy atom. The van der Waals surface area contributed by atoms with Gasteiger partial charge in [-0.2, -0.15) is 0 Å². The molecule has 35 heavy (non-hydrogen) atoms. The van der Waals surface area contributed by atoms with Gasteiger partial charge in [-0.05, 0) is 41.7 Å². The molecule has 0 fully saturated rings. The highest BCUT2D eigenvalue weighted by Gasteiger charge is 2.14. The molecule has 2 rings (SSSR count). The molecule has 1 N–H and O–H groups in total. The lowest BCUT2D eigenvalue weighted by Gasteiger charge is -2.19. The molecule has 0 saturated carbocycles. The van der Waals surface area contributed by atoms with E-state index < -0.39 is 0 Å². The van der Waals surface area contributed by atoms with Gasteiger partial charge < -0.3 is 10.1 Å². The number of rotatable bonds is 19. The fourth-order valence-electron chi connectivity index (χ4n) is 4.48. The fourth-order valence-corrected chi connectivity index (χ4v) is 4.83. The van der Waals surface area contributed by atoms with Crippen LogP contribution in [0.15, 0.2) is 48.5 Å². The Morgan fingerprint density at radius 2 is 1.43 bits per heavy atom. The molecule has 0 aromatic heterocycles. The van der Waals surface area contributed by atoms with Crippen LogP contribution >= 0.6 is 15.9 Å². The van der Waals surface area contributed by atoms with E-state index >= 15 is 0 Å². The third-order valence-corrected chi connectivity index (χ3v) is 7.16. The summed E-state index contributed by atoms with van der Waals surface area (Å²) in [5.74, 6) is 0.913. The Morgan fingerprint density at radius 3 is 2.00 bits per heavy atom. The molecule has 2 aromatic carbocycles. The summed E-state index contributed by atoms with van der Waals surface area (Å²) < 4.78 is 5.96. The lowest BCUT2D eigenvalue weighted by molar-refractivity contribution is -0.119. The molecule has 0 aliphatic carbocycles. The van der Waals surface area contributed by atoms with E-state index in [0.717, 1.165) is 36.1 Å². The zero-order chi connectivity index (χ0) is 25.1. The molecule has 0 heterocycles. The lowest BCUT2D eigenvalue weighted by Crippen LogP contribution is -2.27. The molecule has 1 unspecified atom stereocenters. The van der Waals surface area contributed by atoms with Gasteiger partial charge in [-0.15, -0.1) is 0 Å². The largest absolute Gasteiger partial charge is 0.494 e. The first-order valence-electron chi connectivity index (χ1n) is 13.8. The van der Waals surface area contributed by atoms with Gasteiger partial charge in [0.15, 0.2) is 0 Å². The maximum Gasteiger partial charge on any atom is 0.217 e. The van der Waals surface area contributed by atoms with E-state index in [1.54, 1.807) is 6.92 Å². The average Bonchev–Trinajstić information content (AvgIpc) is 2.87. The van der Waals surface area contributed by atoms with Crippen molar-refractivity contribution in [2.75, 3.05) is 6.61 Å². The first kappa shape index (κ1) is 29.4. The molecule has 0 aliphatic rings. The average molecular weight is 545 g/mol. The predicted molar refractivity (Wildman–Crippen MR) is 152 cm³/mol. The van der Waals surface area contributed by atoms with E-state index in [9.17, 15) is 4.79 Å². The van der Waals surface area contributed by atoms with Crippen LogP contribution < -0.4 is 10.1 Å². The molecule has 0 bridgehead atoms. The lowest BCUT2D eigenvalue weighted by atomic mass is 9.97. The van der Waals surface area contributed by atoms with Crippen LogP contribution in [0.25, 0.3) is 0 Å². The molecule has 3 nitrogen and oxygen atoms in total. The normalized spacial score (nSPS) is 11.9. The Hall–Kier alpha value is -1.81. The molecule has 2 aromatic rings. The predicted octanol–water partition coefficient (Wildman–Crippen LogP) is 9.08. The fraction of sp³-hybridized carbons (Fsp3) is 0.581. The maximum absolute atomic E-state index is 11.8. The number of carbonyl (C=O) groups excluding carboxylic acids is 1. The van der Waals surface area contributed by atoms with E-state index in [1.165, 1.54) is 81.8 Å². The second kappa shape index (κ2) is 18.5. The van der Waals surface area contributed by atoms with Crippen LogP contribution in [-0.2, 0) is 16.5 Å². The Bertz CT molecular complexity index is 821. The number of hydrogen-bond donors (Lipinski definition) is 1. The molecule has 0 saturated heterocycles. The minimum atomic E-state index is -0.0423. The van der Waals surface area contributed by atoms with Crippen LogP contribution in [-0.4, -0.2) is 12.5 Å². The van der Waals surface area contributed by atoms with Crippen molar-refractivity contribution in [2.45, 2.75) is 109 Å². The molecule has 0 radical (unpaired) electrons. The van der Waals surface area contributed by atoms with E-state index in [4.69, 9.17) is 4.74 Å². The molecular weight excluding hydrogens is 498 g/mol. The van der Waals surface area contributed by atoms with E-state index in [0.29, 0.717) is 0 Å². The van der Waals surface area contributed by atoms with Crippen LogP contribution in [0, 0.1) is 0 Å². The SMILES string of the molecule is CCCCCCCCCCCCCCOc1ccc(CC(NC(C)=O)c2cccc(CBr)c2)cc1. The second-order valence-electron chi connectivity index (χ2n) is 9.72. The monoisotopic (exact) mass is 543 g/mol. The van der Waals surface area contributed by atoms with Gasteiger partial charge >= 0.3 is 0 Å². The summed E-state index contributed by atoms with van der Waals surface area (Å²) in [6, 6.07) is 16.7. The standard InChI is InChI=1S/C31H46BrNO2/c1-3-4-5-6-7-8-9-10-11-12-13-14-22-35-30-20-18-27(19-21-30)24-31(33-26(2)34)29-17-15-16-28(23-29)25-32/h15-21,23,31H,3-14,22,24-25H2,1-2H3,(H,33,34). The first-order chi connectivity index (χ1) is 17.1. The van der Waals surface area contributed by atoms with Crippen molar-refractivity contribution in [3.63, 3.8) is 0 Å². The summed E-state index contributed by atoms with van der Waals surface area (Å²) in [6.07, 6.45) is 17.0. The van der Waals surface area contributed by atoms with Crippen molar-refractivity contribution in [3.05, 3.63) is 65.2 Å². The molecule has 0 aliphatic heterocycles. The summed E-state index contributed by atoms with van der Waals surface area (Å²) in [4.78, 5) is 11.8. The quantitative estimate of drug-likeness (QED) is 0.142. The van der Waals surface area contributed by atoms with Crippen LogP contribution in [0.1, 0.15) is 114 Å². The van der Waals surface area contributed by atoms with Gasteiger partial charge in [0.1, 0.15) is 5.75 Å². The van der Waals surface area contributed by atoms with Crippen molar-refractivity contribution >= 4 is 21.8 Å². The molecular formula is C31H46BrNO2. The Kier molecular flexibility index (Phi) is 15.5. The van der Waals surface area contributed by atoms with Crippen molar-refractivity contribution < 1.29 is 9.53 Å². The van der Waals surface area contributed by atoms with Gasteiger partial charge in [0.2, 0.25) is 5.91 Å². The van der Waals surface area contributed by atoms with Gasteiger partial charge in [0.05, 0.1) is 12.6 Å². The molecule has 194 valence electrons. The molecule has 1 amide bonds. The number of benzene rings is 2. The van der Waals surface area contributed by atoms with Gasteiger partial charge in [-0.3, -0.25) is 4.79 Å². The summed E-state index contributed by atoms with van der Waals surface area (Å²) in [7, 11) is 0. The number of ether oxygens (including phenoxy) is 1. The van der Waals surface area contributed by atoms with Crippen molar-refractivity contribution in [1.29, 1.82) is 0 Å². The number of hydrogen-bond acceptors (Lipinski definition) is 2. The number of halogens is 1. The zero-order valence-electron chi connectivity index (χ0n) is 22.0. The Balaban J connectivity index is 1.63. The second-order valence-corrected chi connectivity index (χ2v) is 10.3. The van der Waals surface area contributed by atoms with Gasteiger partial charge in [-0.1, -0.05) is 130 Å². The highest BCUT2D eigenvalue weighted by atomic mass is 79.9. The number of nitrogens with one attached hydrogen (secondary N) is 1. The summed E-state index contributed by atoms with van der Waals surface area (Å²) in [5, 5.41) is 3.91. The topological polar surface area (TPSA) is 38.3 Å².